The zero-order valence-electron chi connectivity index (χ0n) is 12.3. The summed E-state index contributed by atoms with van der Waals surface area (Å²) in [4.78, 5) is 17.0. The van der Waals surface area contributed by atoms with Gasteiger partial charge in [-0.25, -0.2) is 0 Å². The SMILES string of the molecule is Cc1occc1C(=O)N1CCN(C2CCCCC2)CC1. The Labute approximate surface area is 120 Å². The van der Waals surface area contributed by atoms with E-state index in [0.717, 1.165) is 43.5 Å². The highest BCUT2D eigenvalue weighted by atomic mass is 16.3. The minimum absolute atomic E-state index is 0.125. The van der Waals surface area contributed by atoms with Crippen molar-refractivity contribution in [2.45, 2.75) is 45.1 Å². The monoisotopic (exact) mass is 276 g/mol. The van der Waals surface area contributed by atoms with Gasteiger partial charge in [0.25, 0.3) is 5.91 Å². The summed E-state index contributed by atoms with van der Waals surface area (Å²) in [6.07, 6.45) is 8.43. The molecule has 2 fully saturated rings. The molecule has 0 radical (unpaired) electrons. The quantitative estimate of drug-likeness (QED) is 0.833. The molecule has 4 heteroatoms. The number of rotatable bonds is 2. The Morgan fingerprint density at radius 3 is 2.45 bits per heavy atom. The molecule has 0 spiro atoms. The van der Waals surface area contributed by atoms with Gasteiger partial charge in [0, 0.05) is 32.2 Å². The second-order valence-electron chi connectivity index (χ2n) is 6.01. The summed E-state index contributed by atoms with van der Waals surface area (Å²) in [6.45, 7) is 5.59. The van der Waals surface area contributed by atoms with Crippen LogP contribution in [0.2, 0.25) is 0 Å². The first-order chi connectivity index (χ1) is 9.75. The normalized spacial score (nSPS) is 22.1. The average molecular weight is 276 g/mol. The summed E-state index contributed by atoms with van der Waals surface area (Å²) in [5, 5.41) is 0. The minimum Gasteiger partial charge on any atom is -0.469 e. The fourth-order valence-electron chi connectivity index (χ4n) is 3.51. The molecule has 3 rings (SSSR count). The van der Waals surface area contributed by atoms with Crippen molar-refractivity contribution in [3.05, 3.63) is 23.7 Å². The first-order valence-electron chi connectivity index (χ1n) is 7.83. The van der Waals surface area contributed by atoms with E-state index in [1.807, 2.05) is 11.8 Å². The number of amides is 1. The lowest BCUT2D eigenvalue weighted by Crippen LogP contribution is -2.52. The molecule has 1 aliphatic heterocycles. The Bertz CT molecular complexity index is 455. The third-order valence-corrected chi connectivity index (χ3v) is 4.78. The number of hydrogen-bond donors (Lipinski definition) is 0. The van der Waals surface area contributed by atoms with Gasteiger partial charge in [-0.05, 0) is 25.8 Å². The fraction of sp³-hybridized carbons (Fsp3) is 0.688. The molecule has 2 heterocycles. The maximum Gasteiger partial charge on any atom is 0.257 e. The van der Waals surface area contributed by atoms with E-state index in [9.17, 15) is 4.79 Å². The van der Waals surface area contributed by atoms with Crippen LogP contribution in [0, 0.1) is 6.92 Å². The maximum absolute atomic E-state index is 12.4. The molecule has 0 unspecified atom stereocenters. The zero-order chi connectivity index (χ0) is 13.9. The molecule has 4 nitrogen and oxygen atoms in total. The minimum atomic E-state index is 0.125. The largest absolute Gasteiger partial charge is 0.469 e. The first-order valence-corrected chi connectivity index (χ1v) is 7.83. The molecule has 0 atom stereocenters. The summed E-state index contributed by atoms with van der Waals surface area (Å²) < 4.78 is 5.23. The van der Waals surface area contributed by atoms with E-state index in [2.05, 4.69) is 4.90 Å². The van der Waals surface area contributed by atoms with Crippen molar-refractivity contribution in [1.29, 1.82) is 0 Å². The van der Waals surface area contributed by atoms with E-state index in [1.54, 1.807) is 12.3 Å². The van der Waals surface area contributed by atoms with Crippen molar-refractivity contribution in [2.75, 3.05) is 26.2 Å². The number of carbonyl (C=O) groups excluding carboxylic acids is 1. The number of nitrogens with zero attached hydrogens (tertiary/aromatic N) is 2. The lowest BCUT2D eigenvalue weighted by molar-refractivity contribution is 0.0522. The van der Waals surface area contributed by atoms with Crippen LogP contribution in [-0.4, -0.2) is 47.9 Å². The highest BCUT2D eigenvalue weighted by Crippen LogP contribution is 2.24. The Hall–Kier alpha value is -1.29. The molecule has 110 valence electrons. The van der Waals surface area contributed by atoms with Crippen molar-refractivity contribution in [1.82, 2.24) is 9.80 Å². The van der Waals surface area contributed by atoms with Crippen LogP contribution in [0.3, 0.4) is 0 Å². The van der Waals surface area contributed by atoms with Gasteiger partial charge >= 0.3 is 0 Å². The molecule has 1 saturated carbocycles. The van der Waals surface area contributed by atoms with Crippen LogP contribution in [0.15, 0.2) is 16.7 Å². The van der Waals surface area contributed by atoms with E-state index >= 15 is 0 Å². The summed E-state index contributed by atoms with van der Waals surface area (Å²) in [5.74, 6) is 0.851. The van der Waals surface area contributed by atoms with Crippen LogP contribution in [0.5, 0.6) is 0 Å². The molecule has 0 aromatic carbocycles. The molecule has 0 N–H and O–H groups in total. The number of carbonyl (C=O) groups is 1. The van der Waals surface area contributed by atoms with Crippen LogP contribution >= 0.6 is 0 Å². The molecule has 0 bridgehead atoms. The van der Waals surface area contributed by atoms with E-state index in [4.69, 9.17) is 4.42 Å². The van der Waals surface area contributed by atoms with Gasteiger partial charge in [-0.15, -0.1) is 0 Å². The number of aryl methyl sites for hydroxylation is 1. The topological polar surface area (TPSA) is 36.7 Å². The highest BCUT2D eigenvalue weighted by molar-refractivity contribution is 5.95. The van der Waals surface area contributed by atoms with E-state index < -0.39 is 0 Å². The van der Waals surface area contributed by atoms with Crippen LogP contribution in [0.25, 0.3) is 0 Å². The predicted molar refractivity (Wildman–Crippen MR) is 77.8 cm³/mol. The predicted octanol–water partition coefficient (Wildman–Crippen LogP) is 2.68. The molecule has 20 heavy (non-hydrogen) atoms. The first kappa shape index (κ1) is 13.7. The average Bonchev–Trinajstić information content (AvgIpc) is 2.94. The molecular formula is C16H24N2O2. The Balaban J connectivity index is 1.55. The number of hydrogen-bond acceptors (Lipinski definition) is 3. The summed E-state index contributed by atoms with van der Waals surface area (Å²) >= 11 is 0. The van der Waals surface area contributed by atoms with Gasteiger partial charge in [0.15, 0.2) is 0 Å². The Morgan fingerprint density at radius 2 is 1.85 bits per heavy atom. The Kier molecular flexibility index (Phi) is 4.10. The highest BCUT2D eigenvalue weighted by Gasteiger charge is 2.28. The van der Waals surface area contributed by atoms with Crippen LogP contribution in [-0.2, 0) is 0 Å². The van der Waals surface area contributed by atoms with Gasteiger partial charge in [-0.1, -0.05) is 19.3 Å². The van der Waals surface area contributed by atoms with Gasteiger partial charge in [0.2, 0.25) is 0 Å². The lowest BCUT2D eigenvalue weighted by atomic mass is 9.94. The molecule has 1 aromatic heterocycles. The molecule has 2 aliphatic rings. The van der Waals surface area contributed by atoms with Gasteiger partial charge in [-0.3, -0.25) is 9.69 Å². The maximum atomic E-state index is 12.4. The fourth-order valence-corrected chi connectivity index (χ4v) is 3.51. The summed E-state index contributed by atoms with van der Waals surface area (Å²) in [5.41, 5.74) is 0.719. The van der Waals surface area contributed by atoms with E-state index in [1.165, 1.54) is 32.1 Å². The zero-order valence-corrected chi connectivity index (χ0v) is 12.3. The molecule has 1 aromatic rings. The van der Waals surface area contributed by atoms with Crippen LogP contribution < -0.4 is 0 Å². The molecule has 1 saturated heterocycles. The smallest absolute Gasteiger partial charge is 0.257 e. The van der Waals surface area contributed by atoms with Crippen LogP contribution in [0.1, 0.15) is 48.2 Å². The molecule has 1 amide bonds. The summed E-state index contributed by atoms with van der Waals surface area (Å²) in [7, 11) is 0. The molecular weight excluding hydrogens is 252 g/mol. The van der Waals surface area contributed by atoms with Gasteiger partial charge < -0.3 is 9.32 Å². The standard InChI is InChI=1S/C16H24N2O2/c1-13-15(7-12-20-13)16(19)18-10-8-17(9-11-18)14-5-3-2-4-6-14/h7,12,14H,2-6,8-11H2,1H3. The summed E-state index contributed by atoms with van der Waals surface area (Å²) in [6, 6.07) is 2.54. The van der Waals surface area contributed by atoms with Crippen molar-refractivity contribution in [3.63, 3.8) is 0 Å². The second-order valence-corrected chi connectivity index (χ2v) is 6.01. The van der Waals surface area contributed by atoms with Crippen molar-refractivity contribution in [2.24, 2.45) is 0 Å². The number of piperazine rings is 1. The van der Waals surface area contributed by atoms with Gasteiger partial charge in [0.05, 0.1) is 11.8 Å². The Morgan fingerprint density at radius 1 is 1.15 bits per heavy atom. The van der Waals surface area contributed by atoms with Crippen molar-refractivity contribution in [3.8, 4) is 0 Å². The third-order valence-electron chi connectivity index (χ3n) is 4.78. The molecule has 1 aliphatic carbocycles. The van der Waals surface area contributed by atoms with Crippen molar-refractivity contribution < 1.29 is 9.21 Å². The lowest BCUT2D eigenvalue weighted by Gasteiger charge is -2.40. The second kappa shape index (κ2) is 6.00. The van der Waals surface area contributed by atoms with E-state index in [-0.39, 0.29) is 5.91 Å². The van der Waals surface area contributed by atoms with Crippen molar-refractivity contribution >= 4 is 5.91 Å². The van der Waals surface area contributed by atoms with Gasteiger partial charge in [0.1, 0.15) is 5.76 Å². The van der Waals surface area contributed by atoms with Crippen LogP contribution in [0.4, 0.5) is 0 Å². The third kappa shape index (κ3) is 2.75. The number of furan rings is 1. The van der Waals surface area contributed by atoms with E-state index in [0.29, 0.717) is 0 Å². The van der Waals surface area contributed by atoms with Gasteiger partial charge in [-0.2, -0.15) is 0 Å².